The first-order chi connectivity index (χ1) is 10.2. The molecule has 0 bridgehead atoms. The maximum absolute atomic E-state index is 12.6. The van der Waals surface area contributed by atoms with Crippen molar-refractivity contribution in [2.45, 2.75) is 33.2 Å². The number of hydrogen-bond donors (Lipinski definition) is 2. The molecule has 3 N–H and O–H groups in total. The van der Waals surface area contributed by atoms with E-state index in [-0.39, 0.29) is 5.91 Å². The van der Waals surface area contributed by atoms with Crippen molar-refractivity contribution in [1.29, 1.82) is 0 Å². The SMILES string of the molecule is CCCc1[nH]nc(C(=O)N(CC)Cc2ccncc2)c1N. The number of nitrogen functional groups attached to an aromatic ring is 1. The Labute approximate surface area is 124 Å². The molecule has 0 radical (unpaired) electrons. The van der Waals surface area contributed by atoms with Crippen molar-refractivity contribution in [3.05, 3.63) is 41.5 Å². The van der Waals surface area contributed by atoms with Gasteiger partial charge in [0.05, 0.1) is 11.4 Å². The van der Waals surface area contributed by atoms with Crippen molar-refractivity contribution in [3.63, 3.8) is 0 Å². The number of carbonyl (C=O) groups excluding carboxylic acids is 1. The molecule has 0 spiro atoms. The molecule has 21 heavy (non-hydrogen) atoms. The second-order valence-corrected chi connectivity index (χ2v) is 4.89. The average molecular weight is 287 g/mol. The third kappa shape index (κ3) is 3.39. The lowest BCUT2D eigenvalue weighted by Crippen LogP contribution is -2.31. The number of nitrogens with one attached hydrogen (secondary N) is 1. The van der Waals surface area contributed by atoms with E-state index >= 15 is 0 Å². The monoisotopic (exact) mass is 287 g/mol. The van der Waals surface area contributed by atoms with E-state index in [0.29, 0.717) is 24.5 Å². The molecule has 0 saturated carbocycles. The molecule has 0 atom stereocenters. The average Bonchev–Trinajstić information content (AvgIpc) is 2.87. The Bertz CT molecular complexity index is 593. The lowest BCUT2D eigenvalue weighted by Gasteiger charge is -2.20. The number of H-pyrrole nitrogens is 1. The second kappa shape index (κ2) is 6.88. The third-order valence-corrected chi connectivity index (χ3v) is 3.38. The molecule has 2 aromatic heterocycles. The number of carbonyl (C=O) groups is 1. The van der Waals surface area contributed by atoms with Gasteiger partial charge < -0.3 is 10.6 Å². The van der Waals surface area contributed by atoms with E-state index in [1.54, 1.807) is 17.3 Å². The number of aromatic amines is 1. The minimum atomic E-state index is -0.148. The van der Waals surface area contributed by atoms with Crippen molar-refractivity contribution in [2.24, 2.45) is 0 Å². The van der Waals surface area contributed by atoms with Crippen LogP contribution in [0.5, 0.6) is 0 Å². The summed E-state index contributed by atoms with van der Waals surface area (Å²) in [7, 11) is 0. The van der Waals surface area contributed by atoms with Crippen LogP contribution < -0.4 is 5.73 Å². The van der Waals surface area contributed by atoms with Crippen LogP contribution >= 0.6 is 0 Å². The van der Waals surface area contributed by atoms with Gasteiger partial charge in [-0.1, -0.05) is 13.3 Å². The molecule has 2 heterocycles. The first kappa shape index (κ1) is 15.0. The molecule has 0 unspecified atom stereocenters. The zero-order valence-electron chi connectivity index (χ0n) is 12.5. The van der Waals surface area contributed by atoms with Gasteiger partial charge in [-0.15, -0.1) is 0 Å². The number of aromatic nitrogens is 3. The molecule has 2 aromatic rings. The van der Waals surface area contributed by atoms with E-state index in [1.165, 1.54) is 0 Å². The van der Waals surface area contributed by atoms with Crippen LogP contribution in [-0.4, -0.2) is 32.5 Å². The quantitative estimate of drug-likeness (QED) is 0.850. The van der Waals surface area contributed by atoms with E-state index in [9.17, 15) is 4.79 Å². The molecule has 6 heteroatoms. The molecule has 6 nitrogen and oxygen atoms in total. The Hall–Kier alpha value is -2.37. The van der Waals surface area contributed by atoms with Crippen molar-refractivity contribution >= 4 is 11.6 Å². The maximum Gasteiger partial charge on any atom is 0.276 e. The molecular formula is C15H21N5O. The highest BCUT2D eigenvalue weighted by Gasteiger charge is 2.21. The Balaban J connectivity index is 2.16. The molecule has 0 saturated heterocycles. The van der Waals surface area contributed by atoms with Crippen LogP contribution in [0.3, 0.4) is 0 Å². The van der Waals surface area contributed by atoms with Crippen molar-refractivity contribution in [2.75, 3.05) is 12.3 Å². The van der Waals surface area contributed by atoms with Gasteiger partial charge in [-0.25, -0.2) is 0 Å². The molecule has 0 fully saturated rings. The summed E-state index contributed by atoms with van der Waals surface area (Å²) in [5, 5.41) is 6.96. The van der Waals surface area contributed by atoms with Crippen LogP contribution in [0.2, 0.25) is 0 Å². The Morgan fingerprint density at radius 1 is 1.33 bits per heavy atom. The van der Waals surface area contributed by atoms with Gasteiger partial charge in [0.2, 0.25) is 0 Å². The topological polar surface area (TPSA) is 87.9 Å². The zero-order valence-corrected chi connectivity index (χ0v) is 12.5. The van der Waals surface area contributed by atoms with E-state index in [2.05, 4.69) is 22.1 Å². The number of hydrogen-bond acceptors (Lipinski definition) is 4. The number of nitrogens with zero attached hydrogens (tertiary/aromatic N) is 3. The number of anilines is 1. The molecule has 0 aromatic carbocycles. The maximum atomic E-state index is 12.6. The van der Waals surface area contributed by atoms with Crippen LogP contribution in [0, 0.1) is 0 Å². The number of pyridine rings is 1. The summed E-state index contributed by atoms with van der Waals surface area (Å²) in [6, 6.07) is 3.79. The molecule has 112 valence electrons. The molecule has 0 aliphatic rings. The van der Waals surface area contributed by atoms with Crippen LogP contribution in [0.4, 0.5) is 5.69 Å². The summed E-state index contributed by atoms with van der Waals surface area (Å²) in [4.78, 5) is 18.3. The Kier molecular flexibility index (Phi) is 4.92. The fourth-order valence-corrected chi connectivity index (χ4v) is 2.18. The summed E-state index contributed by atoms with van der Waals surface area (Å²) in [5.41, 5.74) is 8.67. The van der Waals surface area contributed by atoms with E-state index in [0.717, 1.165) is 24.1 Å². The largest absolute Gasteiger partial charge is 0.395 e. The zero-order chi connectivity index (χ0) is 15.2. The summed E-state index contributed by atoms with van der Waals surface area (Å²) in [5.74, 6) is -0.148. The molecule has 0 aliphatic heterocycles. The highest BCUT2D eigenvalue weighted by molar-refractivity contribution is 5.97. The second-order valence-electron chi connectivity index (χ2n) is 4.89. The molecular weight excluding hydrogens is 266 g/mol. The highest BCUT2D eigenvalue weighted by atomic mass is 16.2. The first-order valence-electron chi connectivity index (χ1n) is 7.18. The van der Waals surface area contributed by atoms with E-state index in [4.69, 9.17) is 5.73 Å². The first-order valence-corrected chi connectivity index (χ1v) is 7.18. The highest BCUT2D eigenvalue weighted by Crippen LogP contribution is 2.18. The van der Waals surface area contributed by atoms with Crippen LogP contribution in [0.15, 0.2) is 24.5 Å². The predicted octanol–water partition coefficient (Wildman–Crippen LogP) is 2.00. The summed E-state index contributed by atoms with van der Waals surface area (Å²) in [6.45, 7) is 5.11. The standard InChI is InChI=1S/C15H21N5O/c1-3-5-12-13(16)14(19-18-12)15(21)20(4-2)10-11-6-8-17-9-7-11/h6-9H,3-5,10,16H2,1-2H3,(H,18,19). The van der Waals surface area contributed by atoms with Gasteiger partial charge >= 0.3 is 0 Å². The predicted molar refractivity (Wildman–Crippen MR) is 81.6 cm³/mol. The number of aryl methyl sites for hydroxylation is 1. The van der Waals surface area contributed by atoms with Gasteiger partial charge in [-0.3, -0.25) is 14.9 Å². The lowest BCUT2D eigenvalue weighted by atomic mass is 10.2. The van der Waals surface area contributed by atoms with Gasteiger partial charge in [0.25, 0.3) is 5.91 Å². The normalized spacial score (nSPS) is 10.6. The van der Waals surface area contributed by atoms with E-state index < -0.39 is 0 Å². The molecule has 1 amide bonds. The molecule has 0 aliphatic carbocycles. The van der Waals surface area contributed by atoms with Gasteiger partial charge in [-0.2, -0.15) is 5.10 Å². The third-order valence-electron chi connectivity index (χ3n) is 3.38. The Morgan fingerprint density at radius 2 is 2.05 bits per heavy atom. The van der Waals surface area contributed by atoms with Crippen LogP contribution in [-0.2, 0) is 13.0 Å². The van der Waals surface area contributed by atoms with Gasteiger partial charge in [0, 0.05) is 25.5 Å². The number of nitrogens with two attached hydrogens (primary N) is 1. The van der Waals surface area contributed by atoms with Crippen molar-refractivity contribution in [3.8, 4) is 0 Å². The summed E-state index contributed by atoms with van der Waals surface area (Å²) in [6.07, 6.45) is 5.18. The fraction of sp³-hybridized carbons (Fsp3) is 0.400. The minimum absolute atomic E-state index is 0.148. The van der Waals surface area contributed by atoms with Crippen molar-refractivity contribution in [1.82, 2.24) is 20.1 Å². The van der Waals surface area contributed by atoms with Crippen LogP contribution in [0.1, 0.15) is 42.0 Å². The van der Waals surface area contributed by atoms with E-state index in [1.807, 2.05) is 19.1 Å². The van der Waals surface area contributed by atoms with Gasteiger partial charge in [-0.05, 0) is 31.0 Å². The van der Waals surface area contributed by atoms with Gasteiger partial charge in [0.1, 0.15) is 0 Å². The Morgan fingerprint density at radius 3 is 2.67 bits per heavy atom. The number of rotatable bonds is 6. The summed E-state index contributed by atoms with van der Waals surface area (Å²) < 4.78 is 0. The van der Waals surface area contributed by atoms with Crippen LogP contribution in [0.25, 0.3) is 0 Å². The number of amides is 1. The minimum Gasteiger partial charge on any atom is -0.395 e. The molecule has 2 rings (SSSR count). The summed E-state index contributed by atoms with van der Waals surface area (Å²) >= 11 is 0. The van der Waals surface area contributed by atoms with Gasteiger partial charge in [0.15, 0.2) is 5.69 Å². The lowest BCUT2D eigenvalue weighted by molar-refractivity contribution is 0.0747. The van der Waals surface area contributed by atoms with Crippen molar-refractivity contribution < 1.29 is 4.79 Å². The fourth-order valence-electron chi connectivity index (χ4n) is 2.18. The smallest absolute Gasteiger partial charge is 0.276 e.